The highest BCUT2D eigenvalue weighted by Crippen LogP contribution is 2.31. The number of ether oxygens (including phenoxy) is 2. The smallest absolute Gasteiger partial charge is 0.348 e. The first-order valence-electron chi connectivity index (χ1n) is 9.99. The lowest BCUT2D eigenvalue weighted by Gasteiger charge is -2.19. The van der Waals surface area contributed by atoms with Crippen molar-refractivity contribution in [2.45, 2.75) is 39.8 Å². The van der Waals surface area contributed by atoms with Gasteiger partial charge in [-0.3, -0.25) is 19.0 Å². The van der Waals surface area contributed by atoms with Gasteiger partial charge in [-0.2, -0.15) is 0 Å². The van der Waals surface area contributed by atoms with E-state index in [1.54, 1.807) is 39.8 Å². The summed E-state index contributed by atoms with van der Waals surface area (Å²) in [5.41, 5.74) is 0.790. The number of fused-ring (bicyclic) bond motifs is 2. The molecule has 1 unspecified atom stereocenters. The number of thiophene rings is 1. The van der Waals surface area contributed by atoms with Crippen molar-refractivity contribution >= 4 is 44.9 Å². The quantitative estimate of drug-likeness (QED) is 0.464. The largest absolute Gasteiger partial charge is 0.482 e. The zero-order valence-corrected chi connectivity index (χ0v) is 18.7. The molecule has 32 heavy (non-hydrogen) atoms. The number of carbonyl (C=O) groups is 3. The van der Waals surface area contributed by atoms with E-state index < -0.39 is 17.6 Å². The molecule has 4 rings (SSSR count). The monoisotopic (exact) mass is 455 g/mol. The lowest BCUT2D eigenvalue weighted by atomic mass is 10.0. The van der Waals surface area contributed by atoms with Crippen LogP contribution in [0.2, 0.25) is 0 Å². The molecule has 0 fully saturated rings. The summed E-state index contributed by atoms with van der Waals surface area (Å²) < 4.78 is 11.8. The number of anilines is 1. The molecule has 0 saturated heterocycles. The lowest BCUT2D eigenvalue weighted by molar-refractivity contribution is -0.118. The highest BCUT2D eigenvalue weighted by atomic mass is 32.1. The van der Waals surface area contributed by atoms with Crippen molar-refractivity contribution in [3.8, 4) is 5.75 Å². The topological polar surface area (TPSA) is 117 Å². The number of esters is 1. The van der Waals surface area contributed by atoms with E-state index >= 15 is 0 Å². The van der Waals surface area contributed by atoms with Crippen LogP contribution in [0.5, 0.6) is 5.75 Å². The first-order chi connectivity index (χ1) is 15.2. The van der Waals surface area contributed by atoms with Gasteiger partial charge in [0.05, 0.1) is 29.5 Å². The Balaban J connectivity index is 1.69. The minimum absolute atomic E-state index is 0.0789. The molecule has 0 saturated carbocycles. The summed E-state index contributed by atoms with van der Waals surface area (Å²) >= 11 is 1.09. The Labute approximate surface area is 187 Å². The van der Waals surface area contributed by atoms with Crippen LogP contribution in [-0.2, 0) is 9.53 Å². The highest BCUT2D eigenvalue weighted by molar-refractivity contribution is 7.20. The number of ketones is 1. The van der Waals surface area contributed by atoms with Crippen LogP contribution in [0.4, 0.5) is 5.69 Å². The molecule has 1 aromatic carbocycles. The molecular weight excluding hydrogens is 434 g/mol. The van der Waals surface area contributed by atoms with Crippen LogP contribution < -0.4 is 15.6 Å². The average Bonchev–Trinajstić information content (AvgIpc) is 3.09. The number of amides is 1. The van der Waals surface area contributed by atoms with Crippen LogP contribution in [0.1, 0.15) is 52.4 Å². The Morgan fingerprint density at radius 2 is 2.00 bits per heavy atom. The third-order valence-corrected chi connectivity index (χ3v) is 6.28. The molecule has 166 valence electrons. The molecule has 1 aliphatic heterocycles. The zero-order valence-electron chi connectivity index (χ0n) is 17.9. The molecule has 1 atom stereocenters. The molecule has 0 spiro atoms. The van der Waals surface area contributed by atoms with Gasteiger partial charge in [-0.1, -0.05) is 0 Å². The van der Waals surface area contributed by atoms with Gasteiger partial charge in [0.1, 0.15) is 15.5 Å². The van der Waals surface area contributed by atoms with E-state index in [-0.39, 0.29) is 24.4 Å². The second kappa shape index (κ2) is 8.19. The maximum Gasteiger partial charge on any atom is 0.348 e. The first kappa shape index (κ1) is 21.7. The number of Topliss-reactive ketones (excluding diaryl/α,β-unsaturated/α-hetero) is 1. The molecule has 3 aromatic rings. The molecule has 1 amide bonds. The maximum absolute atomic E-state index is 13.2. The molecule has 0 aliphatic carbocycles. The molecular formula is C22H21N3O6S. The second-order valence-electron chi connectivity index (χ2n) is 7.74. The Morgan fingerprint density at radius 3 is 2.72 bits per heavy atom. The van der Waals surface area contributed by atoms with Crippen molar-refractivity contribution in [2.24, 2.45) is 0 Å². The number of benzene rings is 1. The Morgan fingerprint density at radius 1 is 1.25 bits per heavy atom. The van der Waals surface area contributed by atoms with Crippen molar-refractivity contribution < 1.29 is 23.9 Å². The third-order valence-electron chi connectivity index (χ3n) is 5.10. The number of hydrogen-bond acceptors (Lipinski definition) is 8. The minimum Gasteiger partial charge on any atom is -0.482 e. The summed E-state index contributed by atoms with van der Waals surface area (Å²) in [7, 11) is 0. The Hall–Kier alpha value is -3.53. The van der Waals surface area contributed by atoms with Gasteiger partial charge in [0, 0.05) is 5.56 Å². The SMILES string of the molecule is Cc1c(C(=O)OC(C)C)sc2ncn(C(C)C(=O)c3ccc4c(c3)NC(=O)CO4)c(=O)c12. The van der Waals surface area contributed by atoms with E-state index in [2.05, 4.69) is 10.3 Å². The summed E-state index contributed by atoms with van der Waals surface area (Å²) in [5, 5.41) is 2.95. The summed E-state index contributed by atoms with van der Waals surface area (Å²) in [5.74, 6) is -0.665. The van der Waals surface area contributed by atoms with E-state index in [4.69, 9.17) is 9.47 Å². The summed E-state index contributed by atoms with van der Waals surface area (Å²) in [6, 6.07) is 3.86. The standard InChI is InChI=1S/C22H21N3O6S/c1-10(2)31-22(29)19-11(3)17-20(32-19)23-9-25(21(17)28)12(4)18(27)13-5-6-15-14(7-13)24-16(26)8-30-15/h5-7,9-10,12H,8H2,1-4H3,(H,24,26). The van der Waals surface area contributed by atoms with Crippen LogP contribution in [0.25, 0.3) is 10.2 Å². The van der Waals surface area contributed by atoms with Gasteiger partial charge in [0.2, 0.25) is 0 Å². The molecule has 3 heterocycles. The van der Waals surface area contributed by atoms with Crippen molar-refractivity contribution in [3.63, 3.8) is 0 Å². The Kier molecular flexibility index (Phi) is 5.55. The number of nitrogens with zero attached hydrogens (tertiary/aromatic N) is 2. The Bertz CT molecular complexity index is 1320. The van der Waals surface area contributed by atoms with E-state index in [0.29, 0.717) is 37.7 Å². The summed E-state index contributed by atoms with van der Waals surface area (Å²) in [6.45, 7) is 6.68. The molecule has 0 radical (unpaired) electrons. The molecule has 1 N–H and O–H groups in total. The van der Waals surface area contributed by atoms with Gasteiger partial charge in [0.25, 0.3) is 11.5 Å². The number of aromatic nitrogens is 2. The molecule has 1 aliphatic rings. The number of carbonyl (C=O) groups excluding carboxylic acids is 3. The number of aryl methyl sites for hydroxylation is 1. The van der Waals surface area contributed by atoms with Gasteiger partial charge in [-0.25, -0.2) is 9.78 Å². The highest BCUT2D eigenvalue weighted by Gasteiger charge is 2.25. The lowest BCUT2D eigenvalue weighted by Crippen LogP contribution is -2.29. The fourth-order valence-corrected chi connectivity index (χ4v) is 4.50. The average molecular weight is 455 g/mol. The van der Waals surface area contributed by atoms with Crippen LogP contribution in [0.3, 0.4) is 0 Å². The van der Waals surface area contributed by atoms with E-state index in [1.165, 1.54) is 17.0 Å². The maximum atomic E-state index is 13.2. The van der Waals surface area contributed by atoms with Crippen LogP contribution in [0, 0.1) is 6.92 Å². The first-order valence-corrected chi connectivity index (χ1v) is 10.8. The van der Waals surface area contributed by atoms with Gasteiger partial charge in [-0.15, -0.1) is 11.3 Å². The number of hydrogen-bond donors (Lipinski definition) is 1. The molecule has 9 nitrogen and oxygen atoms in total. The van der Waals surface area contributed by atoms with Crippen LogP contribution in [0.15, 0.2) is 29.3 Å². The van der Waals surface area contributed by atoms with Crippen molar-refractivity contribution in [2.75, 3.05) is 11.9 Å². The fourth-order valence-electron chi connectivity index (χ4n) is 3.48. The molecule has 0 bridgehead atoms. The van der Waals surface area contributed by atoms with Crippen molar-refractivity contribution in [1.29, 1.82) is 0 Å². The van der Waals surface area contributed by atoms with Crippen molar-refractivity contribution in [1.82, 2.24) is 9.55 Å². The fraction of sp³-hybridized carbons (Fsp3) is 0.318. The summed E-state index contributed by atoms with van der Waals surface area (Å²) in [4.78, 5) is 55.3. The van der Waals surface area contributed by atoms with E-state index in [1.807, 2.05) is 0 Å². The van der Waals surface area contributed by atoms with Crippen molar-refractivity contribution in [3.05, 3.63) is 50.9 Å². The molecule has 10 heteroatoms. The predicted molar refractivity (Wildman–Crippen MR) is 119 cm³/mol. The second-order valence-corrected chi connectivity index (χ2v) is 8.73. The number of nitrogens with one attached hydrogen (secondary N) is 1. The van der Waals surface area contributed by atoms with Gasteiger partial charge < -0.3 is 14.8 Å². The summed E-state index contributed by atoms with van der Waals surface area (Å²) in [6.07, 6.45) is 1.02. The molecule has 2 aromatic heterocycles. The van der Waals surface area contributed by atoms with Gasteiger partial charge in [0.15, 0.2) is 12.4 Å². The van der Waals surface area contributed by atoms with E-state index in [9.17, 15) is 19.2 Å². The zero-order chi connectivity index (χ0) is 23.2. The van der Waals surface area contributed by atoms with Gasteiger partial charge >= 0.3 is 5.97 Å². The van der Waals surface area contributed by atoms with Gasteiger partial charge in [-0.05, 0) is 51.5 Å². The number of rotatable bonds is 5. The van der Waals surface area contributed by atoms with E-state index in [0.717, 1.165) is 11.3 Å². The third kappa shape index (κ3) is 3.77. The van der Waals surface area contributed by atoms with Crippen LogP contribution >= 0.6 is 11.3 Å². The van der Waals surface area contributed by atoms with Crippen LogP contribution in [-0.4, -0.2) is 39.9 Å². The normalized spacial score (nSPS) is 14.0. The predicted octanol–water partition coefficient (Wildman–Crippen LogP) is 3.11. The minimum atomic E-state index is -0.858.